The number of halogens is 1. The predicted molar refractivity (Wildman–Crippen MR) is 120 cm³/mol. The highest BCUT2D eigenvalue weighted by molar-refractivity contribution is 9.10. The Balaban J connectivity index is 1.88. The third kappa shape index (κ3) is 3.44. The number of carbonyl (C=O) groups excluding carboxylic acids is 1. The summed E-state index contributed by atoms with van der Waals surface area (Å²) in [6, 6.07) is 21.7. The number of ether oxygens (including phenoxy) is 2. The van der Waals surface area contributed by atoms with Gasteiger partial charge in [0.15, 0.2) is 5.76 Å². The molecule has 152 valence electrons. The van der Waals surface area contributed by atoms with Gasteiger partial charge in [-0.1, -0.05) is 46.3 Å². The summed E-state index contributed by atoms with van der Waals surface area (Å²) in [5.74, 6) is 0.673. The minimum absolute atomic E-state index is 0.267. The number of aliphatic hydroxyl groups is 1. The molecule has 0 bridgehead atoms. The van der Waals surface area contributed by atoms with Crippen molar-refractivity contribution in [2.45, 2.75) is 6.04 Å². The third-order valence-corrected chi connectivity index (χ3v) is 5.88. The van der Waals surface area contributed by atoms with Crippen LogP contribution in [0.1, 0.15) is 17.2 Å². The molecule has 5 nitrogen and oxygen atoms in total. The molecule has 6 heteroatoms. The number of hydrogen-bond donors (Lipinski definition) is 1. The fourth-order valence-electron chi connectivity index (χ4n) is 3.67. The number of nitrogens with zero attached hydrogens (tertiary/aromatic N) is 1. The molecular weight excluding hydrogens is 446 g/mol. The van der Waals surface area contributed by atoms with Crippen molar-refractivity contribution in [2.24, 2.45) is 0 Å². The highest BCUT2D eigenvalue weighted by atomic mass is 79.9. The van der Waals surface area contributed by atoms with Crippen molar-refractivity contribution in [3.05, 3.63) is 94.2 Å². The SMILES string of the molecule is COc1ccc(C2=C(O)C(=O)N(c3ccc(OC)cc3)[C@H]2c2ccccc2Br)cc1. The molecule has 0 fully saturated rings. The highest BCUT2D eigenvalue weighted by Crippen LogP contribution is 2.47. The maximum absolute atomic E-state index is 13.2. The zero-order valence-corrected chi connectivity index (χ0v) is 18.1. The molecule has 0 unspecified atom stereocenters. The Morgan fingerprint density at radius 3 is 2.00 bits per heavy atom. The van der Waals surface area contributed by atoms with Gasteiger partial charge in [0, 0.05) is 15.7 Å². The van der Waals surface area contributed by atoms with Crippen LogP contribution in [0.4, 0.5) is 5.69 Å². The van der Waals surface area contributed by atoms with E-state index in [9.17, 15) is 9.90 Å². The Kier molecular flexibility index (Phi) is 5.50. The van der Waals surface area contributed by atoms with Gasteiger partial charge in [0.05, 0.1) is 20.3 Å². The van der Waals surface area contributed by atoms with E-state index in [1.807, 2.05) is 60.7 Å². The molecule has 0 saturated heterocycles. The normalized spacial score (nSPS) is 16.2. The van der Waals surface area contributed by atoms with Crippen LogP contribution in [0.15, 0.2) is 83.0 Å². The van der Waals surface area contributed by atoms with Crippen molar-refractivity contribution in [2.75, 3.05) is 19.1 Å². The summed E-state index contributed by atoms with van der Waals surface area (Å²) in [6.07, 6.45) is 0. The first-order valence-electron chi connectivity index (χ1n) is 9.34. The Bertz CT molecular complexity index is 1110. The lowest BCUT2D eigenvalue weighted by atomic mass is 9.93. The number of aliphatic hydroxyl groups excluding tert-OH is 1. The molecule has 4 rings (SSSR count). The van der Waals surface area contributed by atoms with E-state index in [0.29, 0.717) is 22.8 Å². The van der Waals surface area contributed by atoms with Crippen molar-refractivity contribution in [1.82, 2.24) is 0 Å². The monoisotopic (exact) mass is 465 g/mol. The summed E-state index contributed by atoms with van der Waals surface area (Å²) < 4.78 is 11.3. The number of hydrogen-bond acceptors (Lipinski definition) is 4. The Morgan fingerprint density at radius 2 is 1.43 bits per heavy atom. The lowest BCUT2D eigenvalue weighted by Crippen LogP contribution is -2.30. The summed E-state index contributed by atoms with van der Waals surface area (Å²) in [7, 11) is 3.19. The number of carbonyl (C=O) groups is 1. The maximum Gasteiger partial charge on any atom is 0.294 e. The molecule has 1 heterocycles. The van der Waals surface area contributed by atoms with Crippen LogP contribution in [-0.4, -0.2) is 25.2 Å². The first-order chi connectivity index (χ1) is 14.5. The average Bonchev–Trinajstić information content (AvgIpc) is 3.04. The lowest BCUT2D eigenvalue weighted by Gasteiger charge is -2.28. The van der Waals surface area contributed by atoms with Crippen LogP contribution < -0.4 is 14.4 Å². The van der Waals surface area contributed by atoms with E-state index in [2.05, 4.69) is 15.9 Å². The van der Waals surface area contributed by atoms with E-state index in [1.54, 1.807) is 31.3 Å². The predicted octanol–water partition coefficient (Wildman–Crippen LogP) is 5.52. The van der Waals surface area contributed by atoms with E-state index in [0.717, 1.165) is 15.6 Å². The molecule has 0 spiro atoms. The first kappa shape index (κ1) is 20.0. The molecule has 30 heavy (non-hydrogen) atoms. The summed E-state index contributed by atoms with van der Waals surface area (Å²) in [6.45, 7) is 0. The minimum atomic E-state index is -0.505. The molecule has 0 aromatic heterocycles. The van der Waals surface area contributed by atoms with E-state index >= 15 is 0 Å². The molecular formula is C24H20BrNO4. The van der Waals surface area contributed by atoms with Crippen LogP contribution in [0, 0.1) is 0 Å². The second-order valence-corrected chi connectivity index (χ2v) is 7.64. The summed E-state index contributed by atoms with van der Waals surface area (Å²) in [4.78, 5) is 14.8. The molecule has 1 atom stereocenters. The minimum Gasteiger partial charge on any atom is -0.503 e. The Labute approximate surface area is 183 Å². The molecule has 1 aliphatic heterocycles. The summed E-state index contributed by atoms with van der Waals surface area (Å²) >= 11 is 3.61. The van der Waals surface area contributed by atoms with Crippen molar-refractivity contribution < 1.29 is 19.4 Å². The number of amides is 1. The van der Waals surface area contributed by atoms with E-state index in [4.69, 9.17) is 9.47 Å². The van der Waals surface area contributed by atoms with Crippen LogP contribution in [0.5, 0.6) is 11.5 Å². The smallest absolute Gasteiger partial charge is 0.294 e. The zero-order valence-electron chi connectivity index (χ0n) is 16.5. The molecule has 0 radical (unpaired) electrons. The second kappa shape index (κ2) is 8.24. The Hall–Kier alpha value is -3.25. The van der Waals surface area contributed by atoms with E-state index in [-0.39, 0.29) is 5.76 Å². The molecule has 1 aliphatic rings. The molecule has 3 aromatic rings. The van der Waals surface area contributed by atoms with Crippen LogP contribution in [0.2, 0.25) is 0 Å². The van der Waals surface area contributed by atoms with Gasteiger partial charge in [-0.2, -0.15) is 0 Å². The molecule has 1 amide bonds. The van der Waals surface area contributed by atoms with Gasteiger partial charge in [0.25, 0.3) is 5.91 Å². The van der Waals surface area contributed by atoms with Crippen molar-refractivity contribution in [1.29, 1.82) is 0 Å². The van der Waals surface area contributed by atoms with Gasteiger partial charge in [-0.3, -0.25) is 9.69 Å². The number of methoxy groups -OCH3 is 2. The van der Waals surface area contributed by atoms with Crippen LogP contribution in [0.3, 0.4) is 0 Å². The van der Waals surface area contributed by atoms with Crippen LogP contribution >= 0.6 is 15.9 Å². The lowest BCUT2D eigenvalue weighted by molar-refractivity contribution is -0.117. The third-order valence-electron chi connectivity index (χ3n) is 5.16. The van der Waals surface area contributed by atoms with Gasteiger partial charge < -0.3 is 14.6 Å². The van der Waals surface area contributed by atoms with Crippen LogP contribution in [0.25, 0.3) is 5.57 Å². The van der Waals surface area contributed by atoms with Gasteiger partial charge in [-0.05, 0) is 53.6 Å². The zero-order chi connectivity index (χ0) is 21.3. The number of rotatable bonds is 5. The fraction of sp³-hybridized carbons (Fsp3) is 0.125. The topological polar surface area (TPSA) is 59.0 Å². The second-order valence-electron chi connectivity index (χ2n) is 6.79. The van der Waals surface area contributed by atoms with Crippen molar-refractivity contribution in [3.8, 4) is 11.5 Å². The molecule has 0 aliphatic carbocycles. The standard InChI is InChI=1S/C24H20BrNO4/c1-29-17-11-7-15(8-12-17)21-22(19-5-3-4-6-20(19)25)26(24(28)23(21)27)16-9-13-18(30-2)14-10-16/h3-14,22,27H,1-2H3/t22-/m0/s1. The summed E-state index contributed by atoms with van der Waals surface area (Å²) in [5, 5.41) is 10.9. The average molecular weight is 466 g/mol. The molecule has 0 saturated carbocycles. The quantitative estimate of drug-likeness (QED) is 0.538. The van der Waals surface area contributed by atoms with E-state index in [1.165, 1.54) is 0 Å². The highest BCUT2D eigenvalue weighted by Gasteiger charge is 2.42. The van der Waals surface area contributed by atoms with Crippen molar-refractivity contribution in [3.63, 3.8) is 0 Å². The number of anilines is 1. The Morgan fingerprint density at radius 1 is 0.867 bits per heavy atom. The summed E-state index contributed by atoms with van der Waals surface area (Å²) in [5.41, 5.74) is 2.83. The first-order valence-corrected chi connectivity index (χ1v) is 10.1. The van der Waals surface area contributed by atoms with Gasteiger partial charge in [-0.15, -0.1) is 0 Å². The molecule has 1 N–H and O–H groups in total. The van der Waals surface area contributed by atoms with Gasteiger partial charge >= 0.3 is 0 Å². The largest absolute Gasteiger partial charge is 0.503 e. The van der Waals surface area contributed by atoms with Crippen molar-refractivity contribution >= 4 is 33.1 Å². The maximum atomic E-state index is 13.2. The van der Waals surface area contributed by atoms with Gasteiger partial charge in [0.2, 0.25) is 0 Å². The van der Waals surface area contributed by atoms with Gasteiger partial charge in [-0.25, -0.2) is 0 Å². The number of benzene rings is 3. The van der Waals surface area contributed by atoms with Crippen LogP contribution in [-0.2, 0) is 4.79 Å². The molecule has 3 aromatic carbocycles. The van der Waals surface area contributed by atoms with Gasteiger partial charge in [0.1, 0.15) is 11.5 Å². The van der Waals surface area contributed by atoms with E-state index < -0.39 is 11.9 Å². The fourth-order valence-corrected chi connectivity index (χ4v) is 4.17.